The summed E-state index contributed by atoms with van der Waals surface area (Å²) >= 11 is 0. The first-order valence-corrected chi connectivity index (χ1v) is 13.3. The fourth-order valence-electron chi connectivity index (χ4n) is 5.52. The van der Waals surface area contributed by atoms with Gasteiger partial charge in [0.05, 0.1) is 25.0 Å². The number of carbonyl (C=O) groups is 2. The lowest BCUT2D eigenvalue weighted by atomic mass is 9.83. The number of methoxy groups -OCH3 is 1. The molecule has 3 rings (SSSR count). The van der Waals surface area contributed by atoms with Gasteiger partial charge in [0.15, 0.2) is 0 Å². The predicted octanol–water partition coefficient (Wildman–Crippen LogP) is 5.11. The largest absolute Gasteiger partial charge is 0.496 e. The standard InChI is InChI=1S/C30H43N3O5/c1-19(2)15-30(27(36)38-29(6,7)8)16-21(18-34)25(23-17-31-12-13-32-23)33(30)26(35)20-10-11-22(28(3,4)5)24(14-20)37-9/h10-14,17,19,21,25,34H,15-16,18H2,1-9H3/t21-,25-,30+/m1/s1. The molecule has 38 heavy (non-hydrogen) atoms. The van der Waals surface area contributed by atoms with E-state index in [0.717, 1.165) is 5.56 Å². The number of likely N-dealkylation sites (tertiary alicyclic amines) is 1. The summed E-state index contributed by atoms with van der Waals surface area (Å²) in [4.78, 5) is 38.9. The summed E-state index contributed by atoms with van der Waals surface area (Å²) in [5, 5.41) is 10.5. The number of aromatic nitrogens is 2. The smallest absolute Gasteiger partial charge is 0.332 e. The van der Waals surface area contributed by atoms with Crippen LogP contribution in [0.15, 0.2) is 36.8 Å². The van der Waals surface area contributed by atoms with E-state index in [1.54, 1.807) is 42.7 Å². The molecule has 0 radical (unpaired) electrons. The molecule has 0 unspecified atom stereocenters. The maximum absolute atomic E-state index is 14.5. The lowest BCUT2D eigenvalue weighted by molar-refractivity contribution is -0.168. The second-order valence-corrected chi connectivity index (χ2v) is 12.7. The SMILES string of the molecule is COc1cc(C(=O)N2[C@@H](c3cnccn3)[C@@H](CO)C[C@@]2(CC(C)C)C(=O)OC(C)(C)C)ccc1C(C)(C)C. The van der Waals surface area contributed by atoms with E-state index in [4.69, 9.17) is 9.47 Å². The average molecular weight is 526 g/mol. The van der Waals surface area contributed by atoms with E-state index in [1.165, 1.54) is 0 Å². The third-order valence-electron chi connectivity index (χ3n) is 6.91. The summed E-state index contributed by atoms with van der Waals surface area (Å²) < 4.78 is 11.6. The van der Waals surface area contributed by atoms with Crippen molar-refractivity contribution >= 4 is 11.9 Å². The number of aliphatic hydroxyl groups excluding tert-OH is 1. The van der Waals surface area contributed by atoms with Crippen LogP contribution in [0.5, 0.6) is 5.75 Å². The molecule has 8 heteroatoms. The van der Waals surface area contributed by atoms with Crippen molar-refractivity contribution in [2.75, 3.05) is 13.7 Å². The Morgan fingerprint density at radius 1 is 1.16 bits per heavy atom. The van der Waals surface area contributed by atoms with Gasteiger partial charge in [-0.1, -0.05) is 40.7 Å². The number of esters is 1. The van der Waals surface area contributed by atoms with Crippen LogP contribution in [0.1, 0.15) is 95.9 Å². The highest BCUT2D eigenvalue weighted by molar-refractivity contribution is 5.99. The van der Waals surface area contributed by atoms with Crippen molar-refractivity contribution < 1.29 is 24.2 Å². The van der Waals surface area contributed by atoms with Gasteiger partial charge < -0.3 is 19.5 Å². The topological polar surface area (TPSA) is 102 Å². The van der Waals surface area contributed by atoms with Crippen LogP contribution in [0.2, 0.25) is 0 Å². The molecule has 3 atom stereocenters. The molecule has 1 aliphatic rings. The Labute approximate surface area is 226 Å². The Balaban J connectivity index is 2.26. The fraction of sp³-hybridized carbons (Fsp3) is 0.600. The van der Waals surface area contributed by atoms with Gasteiger partial charge in [-0.05, 0) is 62.6 Å². The molecular weight excluding hydrogens is 482 g/mol. The Morgan fingerprint density at radius 3 is 2.34 bits per heavy atom. The Morgan fingerprint density at radius 2 is 1.84 bits per heavy atom. The first-order chi connectivity index (χ1) is 17.6. The minimum Gasteiger partial charge on any atom is -0.496 e. The number of aliphatic hydroxyl groups is 1. The van der Waals surface area contributed by atoms with Crippen molar-refractivity contribution in [3.8, 4) is 5.75 Å². The molecule has 1 amide bonds. The van der Waals surface area contributed by atoms with Crippen molar-refractivity contribution in [3.63, 3.8) is 0 Å². The van der Waals surface area contributed by atoms with Crippen molar-refractivity contribution in [1.29, 1.82) is 0 Å². The van der Waals surface area contributed by atoms with E-state index in [9.17, 15) is 14.7 Å². The van der Waals surface area contributed by atoms with Crippen LogP contribution in [-0.4, -0.2) is 56.7 Å². The minimum absolute atomic E-state index is 0.0653. The van der Waals surface area contributed by atoms with Crippen LogP contribution in [0, 0.1) is 11.8 Å². The number of benzene rings is 1. The molecule has 8 nitrogen and oxygen atoms in total. The highest BCUT2D eigenvalue weighted by atomic mass is 16.6. The summed E-state index contributed by atoms with van der Waals surface area (Å²) in [5.74, 6) is -0.589. The number of rotatable bonds is 7. The number of hydrogen-bond acceptors (Lipinski definition) is 7. The normalized spacial score (nSPS) is 22.0. The summed E-state index contributed by atoms with van der Waals surface area (Å²) in [6, 6.07) is 4.75. The van der Waals surface area contributed by atoms with E-state index >= 15 is 0 Å². The van der Waals surface area contributed by atoms with Crippen LogP contribution in [0.4, 0.5) is 0 Å². The zero-order chi connectivity index (χ0) is 28.5. The van der Waals surface area contributed by atoms with Crippen LogP contribution >= 0.6 is 0 Å². The third kappa shape index (κ3) is 6.01. The molecule has 1 N–H and O–H groups in total. The first kappa shape index (κ1) is 29.6. The van der Waals surface area contributed by atoms with Crippen molar-refractivity contribution in [1.82, 2.24) is 14.9 Å². The summed E-state index contributed by atoms with van der Waals surface area (Å²) in [6.45, 7) is 15.5. The van der Waals surface area contributed by atoms with Crippen LogP contribution in [-0.2, 0) is 14.9 Å². The summed E-state index contributed by atoms with van der Waals surface area (Å²) in [7, 11) is 1.59. The van der Waals surface area contributed by atoms with Crippen LogP contribution < -0.4 is 4.74 Å². The van der Waals surface area contributed by atoms with E-state index in [-0.39, 0.29) is 30.3 Å². The van der Waals surface area contributed by atoms with E-state index in [2.05, 4.69) is 30.7 Å². The lowest BCUT2D eigenvalue weighted by Gasteiger charge is -2.41. The monoisotopic (exact) mass is 525 g/mol. The summed E-state index contributed by atoms with van der Waals surface area (Å²) in [6.07, 6.45) is 5.34. The van der Waals surface area contributed by atoms with E-state index in [0.29, 0.717) is 23.4 Å². The van der Waals surface area contributed by atoms with Gasteiger partial charge in [-0.2, -0.15) is 0 Å². The van der Waals surface area contributed by atoms with Gasteiger partial charge in [-0.15, -0.1) is 0 Å². The fourth-order valence-corrected chi connectivity index (χ4v) is 5.52. The predicted molar refractivity (Wildman–Crippen MR) is 146 cm³/mol. The molecule has 0 aliphatic carbocycles. The molecule has 0 saturated carbocycles. The van der Waals surface area contributed by atoms with Crippen molar-refractivity contribution in [2.45, 2.75) is 90.8 Å². The van der Waals surface area contributed by atoms with Crippen LogP contribution in [0.25, 0.3) is 0 Å². The average Bonchev–Trinajstić information content (AvgIpc) is 3.16. The Bertz CT molecular complexity index is 1140. The third-order valence-corrected chi connectivity index (χ3v) is 6.91. The van der Waals surface area contributed by atoms with Crippen molar-refractivity contribution in [3.05, 3.63) is 53.6 Å². The number of nitrogens with zero attached hydrogens (tertiary/aromatic N) is 3. The van der Waals surface area contributed by atoms with Crippen LogP contribution in [0.3, 0.4) is 0 Å². The van der Waals surface area contributed by atoms with Crippen molar-refractivity contribution in [2.24, 2.45) is 11.8 Å². The molecule has 2 heterocycles. The Hall–Kier alpha value is -3.00. The lowest BCUT2D eigenvalue weighted by Crippen LogP contribution is -2.56. The van der Waals surface area contributed by atoms with Gasteiger partial charge in [-0.25, -0.2) is 4.79 Å². The number of hydrogen-bond donors (Lipinski definition) is 1. The van der Waals surface area contributed by atoms with Gasteiger partial charge >= 0.3 is 5.97 Å². The number of ether oxygens (including phenoxy) is 2. The molecule has 2 aromatic rings. The molecule has 1 aromatic heterocycles. The van der Waals surface area contributed by atoms with Gasteiger partial charge in [0.1, 0.15) is 16.9 Å². The summed E-state index contributed by atoms with van der Waals surface area (Å²) in [5.41, 5.74) is -0.372. The van der Waals surface area contributed by atoms with Gasteiger partial charge in [0.2, 0.25) is 0 Å². The maximum Gasteiger partial charge on any atom is 0.332 e. The molecule has 208 valence electrons. The van der Waals surface area contributed by atoms with Gasteiger partial charge in [0, 0.05) is 30.5 Å². The molecule has 1 aromatic carbocycles. The van der Waals surface area contributed by atoms with Gasteiger partial charge in [-0.3, -0.25) is 14.8 Å². The van der Waals surface area contributed by atoms with Gasteiger partial charge in [0.25, 0.3) is 5.91 Å². The molecule has 1 saturated heterocycles. The number of carbonyl (C=O) groups excluding carboxylic acids is 2. The highest BCUT2D eigenvalue weighted by Gasteiger charge is 2.60. The first-order valence-electron chi connectivity index (χ1n) is 13.3. The van der Waals surface area contributed by atoms with E-state index < -0.39 is 29.1 Å². The molecule has 0 bridgehead atoms. The zero-order valence-electron chi connectivity index (χ0n) is 24.2. The highest BCUT2D eigenvalue weighted by Crippen LogP contribution is 2.51. The second kappa shape index (κ2) is 11.0. The molecule has 1 fully saturated rings. The van der Waals surface area contributed by atoms with E-state index in [1.807, 2.05) is 40.7 Å². The number of amides is 1. The second-order valence-electron chi connectivity index (χ2n) is 12.7. The molecule has 1 aliphatic heterocycles. The molecular formula is C30H43N3O5. The quantitative estimate of drug-likeness (QED) is 0.502. The minimum atomic E-state index is -1.30. The maximum atomic E-state index is 14.5. The zero-order valence-corrected chi connectivity index (χ0v) is 24.2. The Kier molecular flexibility index (Phi) is 8.56. The molecule has 0 spiro atoms.